The van der Waals surface area contributed by atoms with Gasteiger partial charge in [-0.05, 0) is 17.2 Å². The first kappa shape index (κ1) is 21.7. The van der Waals surface area contributed by atoms with E-state index in [4.69, 9.17) is 0 Å². The molecule has 158 valence electrons. The van der Waals surface area contributed by atoms with Crippen LogP contribution in [0.2, 0.25) is 0 Å². The number of anilines is 1. The van der Waals surface area contributed by atoms with E-state index in [0.29, 0.717) is 17.2 Å². The van der Waals surface area contributed by atoms with Gasteiger partial charge in [-0.1, -0.05) is 30.3 Å². The van der Waals surface area contributed by atoms with Crippen molar-refractivity contribution < 1.29 is 23.1 Å². The Bertz CT molecular complexity index is 940. The maximum atomic E-state index is 13.1. The number of nitrogens with zero attached hydrogens (tertiary/aromatic N) is 3. The van der Waals surface area contributed by atoms with E-state index in [1.54, 1.807) is 35.8 Å². The van der Waals surface area contributed by atoms with Gasteiger partial charge in [0, 0.05) is 23.3 Å². The monoisotopic (exact) mass is 437 g/mol. The summed E-state index contributed by atoms with van der Waals surface area (Å²) in [7, 11) is 0. The number of hydrogen-bond donors (Lipinski definition) is 3. The van der Waals surface area contributed by atoms with E-state index in [0.717, 1.165) is 16.8 Å². The Kier molecular flexibility index (Phi) is 7.31. The summed E-state index contributed by atoms with van der Waals surface area (Å²) in [5.74, 6) is -1.62. The minimum absolute atomic E-state index is 0.293. The molecule has 3 rings (SSSR count). The molecule has 0 aliphatic carbocycles. The summed E-state index contributed by atoms with van der Waals surface area (Å²) in [5, 5.41) is 15.8. The second kappa shape index (κ2) is 10.1. The topological polar surface area (TPSA) is 100 Å². The number of carbonyl (C=O) groups is 1. The van der Waals surface area contributed by atoms with Crippen LogP contribution in [0.1, 0.15) is 17.4 Å². The second-order valence-electron chi connectivity index (χ2n) is 6.28. The van der Waals surface area contributed by atoms with E-state index in [2.05, 4.69) is 19.7 Å². The average Bonchev–Trinajstić information content (AvgIpc) is 3.29. The summed E-state index contributed by atoms with van der Waals surface area (Å²) in [5.41, 5.74) is 2.72. The third-order valence-corrected chi connectivity index (χ3v) is 4.89. The van der Waals surface area contributed by atoms with Crippen molar-refractivity contribution in [3.63, 3.8) is 0 Å². The number of halogens is 3. The Morgan fingerprint density at radius 1 is 1.10 bits per heavy atom. The number of aromatic nitrogens is 3. The fourth-order valence-corrected chi connectivity index (χ4v) is 3.09. The van der Waals surface area contributed by atoms with Crippen molar-refractivity contribution in [1.82, 2.24) is 19.7 Å². The van der Waals surface area contributed by atoms with Crippen LogP contribution >= 0.6 is 11.5 Å². The van der Waals surface area contributed by atoms with E-state index in [1.807, 2.05) is 12.1 Å². The van der Waals surface area contributed by atoms with Gasteiger partial charge >= 0.3 is 6.43 Å². The molecule has 0 radical (unpaired) electrons. The van der Waals surface area contributed by atoms with Crippen molar-refractivity contribution in [3.8, 4) is 11.1 Å². The van der Waals surface area contributed by atoms with E-state index >= 15 is 0 Å². The molecule has 30 heavy (non-hydrogen) atoms. The summed E-state index contributed by atoms with van der Waals surface area (Å²) >= 11 is 1.25. The van der Waals surface area contributed by atoms with Crippen LogP contribution in [0.3, 0.4) is 0 Å². The minimum atomic E-state index is -3.28. The molecule has 0 unspecified atom stereocenters. The fourth-order valence-electron chi connectivity index (χ4n) is 2.67. The van der Waals surface area contributed by atoms with Crippen molar-refractivity contribution in [2.24, 2.45) is 0 Å². The lowest BCUT2D eigenvalue weighted by atomic mass is 9.99. The maximum absolute atomic E-state index is 13.1. The molecule has 2 aromatic heterocycles. The molecule has 0 aliphatic rings. The number of hydrogen-bond acceptors (Lipinski definition) is 7. The predicted molar refractivity (Wildman–Crippen MR) is 106 cm³/mol. The van der Waals surface area contributed by atoms with Crippen LogP contribution < -0.4 is 10.6 Å². The van der Waals surface area contributed by atoms with Crippen LogP contribution in [0.25, 0.3) is 11.1 Å². The summed E-state index contributed by atoms with van der Waals surface area (Å²) in [6.45, 7) is -0.687. The van der Waals surface area contributed by atoms with Gasteiger partial charge in [-0.25, -0.2) is 9.37 Å². The molecule has 0 saturated heterocycles. The highest BCUT2D eigenvalue weighted by Gasteiger charge is 2.26. The first-order valence-electron chi connectivity index (χ1n) is 8.86. The van der Waals surface area contributed by atoms with E-state index in [-0.39, 0.29) is 0 Å². The molecule has 1 amide bonds. The van der Waals surface area contributed by atoms with Crippen LogP contribution in [-0.2, 0) is 11.3 Å². The van der Waals surface area contributed by atoms with Crippen molar-refractivity contribution in [3.05, 3.63) is 60.2 Å². The molecule has 2 atom stereocenters. The Hall–Kier alpha value is -3.05. The Balaban J connectivity index is 1.63. The summed E-state index contributed by atoms with van der Waals surface area (Å²) in [6, 6.07) is 8.75. The Labute approximate surface area is 174 Å². The van der Waals surface area contributed by atoms with Crippen molar-refractivity contribution in [2.75, 3.05) is 12.0 Å². The van der Waals surface area contributed by atoms with Gasteiger partial charge in [0.25, 0.3) is 5.91 Å². The largest absolute Gasteiger partial charge is 0.386 e. The number of pyridine rings is 1. The second-order valence-corrected chi connectivity index (χ2v) is 7.06. The van der Waals surface area contributed by atoms with Crippen LogP contribution in [0.15, 0.2) is 48.9 Å². The molecule has 2 heterocycles. The average molecular weight is 437 g/mol. The summed E-state index contributed by atoms with van der Waals surface area (Å²) < 4.78 is 41.7. The zero-order valence-electron chi connectivity index (χ0n) is 15.5. The maximum Gasteiger partial charge on any atom is 0.315 e. The number of rotatable bonds is 9. The summed E-state index contributed by atoms with van der Waals surface area (Å²) in [4.78, 5) is 19.5. The van der Waals surface area contributed by atoms with Gasteiger partial charge in [-0.3, -0.25) is 9.78 Å². The Morgan fingerprint density at radius 3 is 2.40 bits per heavy atom. The highest BCUT2D eigenvalue weighted by Crippen LogP contribution is 2.24. The highest BCUT2D eigenvalue weighted by atomic mass is 32.1. The molecule has 0 fully saturated rings. The zero-order valence-corrected chi connectivity index (χ0v) is 16.3. The van der Waals surface area contributed by atoms with Crippen molar-refractivity contribution in [2.45, 2.75) is 25.1 Å². The number of benzene rings is 1. The predicted octanol–water partition coefficient (Wildman–Crippen LogP) is 2.97. The molecule has 3 N–H and O–H groups in total. The van der Waals surface area contributed by atoms with Crippen LogP contribution in [0, 0.1) is 0 Å². The number of carbonyl (C=O) groups excluding carboxylic acids is 1. The van der Waals surface area contributed by atoms with Crippen LogP contribution in [-0.4, -0.2) is 44.5 Å². The molecular formula is C19H18F3N5O2S. The smallest absolute Gasteiger partial charge is 0.315 e. The standard InChI is InChI=1S/C19H18F3N5O2S/c20-7-15(27-18(29)17(21)22)16(28)12-3-1-11(2-4-12)13-5-6-14(23-8-13)9-24-19-25-10-26-30-19/h1-6,8,10,15-17,28H,7,9H2,(H,27,29)(H,24,25,26)/t15-,16+/m1/s1. The van der Waals surface area contributed by atoms with Gasteiger partial charge in [-0.2, -0.15) is 13.2 Å². The van der Waals surface area contributed by atoms with Gasteiger partial charge in [-0.15, -0.1) is 0 Å². The number of alkyl halides is 3. The SMILES string of the molecule is O=C(N[C@H](CF)[C@@H](O)c1ccc(-c2ccc(CNc3ncns3)nc2)cc1)C(F)F. The van der Waals surface area contributed by atoms with Gasteiger partial charge in [0.1, 0.15) is 19.1 Å². The lowest BCUT2D eigenvalue weighted by molar-refractivity contribution is -0.133. The first-order chi connectivity index (χ1) is 14.5. The minimum Gasteiger partial charge on any atom is -0.386 e. The van der Waals surface area contributed by atoms with Crippen molar-refractivity contribution >= 4 is 22.6 Å². The highest BCUT2D eigenvalue weighted by molar-refractivity contribution is 7.09. The zero-order chi connectivity index (χ0) is 21.5. The van der Waals surface area contributed by atoms with E-state index < -0.39 is 31.2 Å². The van der Waals surface area contributed by atoms with Gasteiger partial charge in [0.2, 0.25) is 5.13 Å². The molecule has 0 aliphatic heterocycles. The lowest BCUT2D eigenvalue weighted by Crippen LogP contribution is -2.43. The van der Waals surface area contributed by atoms with Gasteiger partial charge in [0.15, 0.2) is 0 Å². The molecule has 0 spiro atoms. The molecule has 11 heteroatoms. The number of aliphatic hydroxyl groups excluding tert-OH is 1. The molecule has 0 bridgehead atoms. The number of aliphatic hydroxyl groups is 1. The molecule has 7 nitrogen and oxygen atoms in total. The quantitative estimate of drug-likeness (QED) is 0.476. The normalized spacial score (nSPS) is 13.1. The molecule has 3 aromatic rings. The van der Waals surface area contributed by atoms with Gasteiger partial charge < -0.3 is 15.7 Å². The molecular weight excluding hydrogens is 419 g/mol. The van der Waals surface area contributed by atoms with Gasteiger partial charge in [0.05, 0.1) is 18.3 Å². The first-order valence-corrected chi connectivity index (χ1v) is 9.63. The third-order valence-electron chi connectivity index (χ3n) is 4.27. The van der Waals surface area contributed by atoms with E-state index in [9.17, 15) is 23.1 Å². The fraction of sp³-hybridized carbons (Fsp3) is 0.263. The lowest BCUT2D eigenvalue weighted by Gasteiger charge is -2.22. The molecule has 1 aromatic carbocycles. The van der Waals surface area contributed by atoms with Crippen LogP contribution in [0.5, 0.6) is 0 Å². The van der Waals surface area contributed by atoms with Crippen LogP contribution in [0.4, 0.5) is 18.3 Å². The number of nitrogens with one attached hydrogen (secondary N) is 2. The van der Waals surface area contributed by atoms with E-state index in [1.165, 1.54) is 17.9 Å². The number of amides is 1. The summed E-state index contributed by atoms with van der Waals surface area (Å²) in [6.07, 6.45) is -1.58. The third kappa shape index (κ3) is 5.51. The Morgan fingerprint density at radius 2 is 1.83 bits per heavy atom. The van der Waals surface area contributed by atoms with Crippen molar-refractivity contribution in [1.29, 1.82) is 0 Å². The molecule has 0 saturated carbocycles.